The number of nitrogens with one attached hydrogen (secondary N) is 1. The van der Waals surface area contributed by atoms with Crippen molar-refractivity contribution in [2.75, 3.05) is 32.8 Å². The molecule has 5 rings (SSSR count). The van der Waals surface area contributed by atoms with Gasteiger partial charge in [-0.15, -0.1) is 0 Å². The standard InChI is InChI=1S/C26H33N5O2S/c1-19-17-22(20(2)30(19)11-6-10-29-12-15-32-16-13-29)25-24(23-8-3-4-9-27-23)28-26(34)31(25)18-21-7-5-14-33-21/h3-5,7-9,14,17,24-25H,6,10-13,15-16,18H2,1-2H3,(H,28,34)/t24-,25+/m0/s1. The van der Waals surface area contributed by atoms with Gasteiger partial charge < -0.3 is 23.9 Å². The van der Waals surface area contributed by atoms with Crippen molar-refractivity contribution in [3.8, 4) is 0 Å². The summed E-state index contributed by atoms with van der Waals surface area (Å²) in [6, 6.07) is 12.3. The third-order valence-electron chi connectivity index (χ3n) is 7.00. The summed E-state index contributed by atoms with van der Waals surface area (Å²) in [6.45, 7) is 10.9. The van der Waals surface area contributed by atoms with E-state index in [9.17, 15) is 0 Å². The first kappa shape index (κ1) is 23.1. The third-order valence-corrected chi connectivity index (χ3v) is 7.35. The van der Waals surface area contributed by atoms with Crippen LogP contribution in [-0.2, 0) is 17.8 Å². The molecule has 2 aliphatic heterocycles. The van der Waals surface area contributed by atoms with Gasteiger partial charge in [0.1, 0.15) is 5.76 Å². The Kier molecular flexibility index (Phi) is 6.99. The molecule has 1 N–H and O–H groups in total. The molecule has 0 amide bonds. The van der Waals surface area contributed by atoms with Gasteiger partial charge in [0, 0.05) is 43.8 Å². The highest BCUT2D eigenvalue weighted by Crippen LogP contribution is 2.41. The van der Waals surface area contributed by atoms with Crippen LogP contribution < -0.4 is 5.32 Å². The van der Waals surface area contributed by atoms with Crippen molar-refractivity contribution < 1.29 is 9.15 Å². The number of ether oxygens (including phenoxy) is 1. The Bertz CT molecular complexity index is 1090. The van der Waals surface area contributed by atoms with Crippen LogP contribution in [0.25, 0.3) is 0 Å². The van der Waals surface area contributed by atoms with Gasteiger partial charge in [-0.25, -0.2) is 0 Å². The van der Waals surface area contributed by atoms with Crippen LogP contribution in [0.1, 0.15) is 46.9 Å². The monoisotopic (exact) mass is 479 g/mol. The van der Waals surface area contributed by atoms with E-state index >= 15 is 0 Å². The van der Waals surface area contributed by atoms with E-state index in [0.29, 0.717) is 6.54 Å². The minimum absolute atomic E-state index is 0.0223. The second-order valence-corrected chi connectivity index (χ2v) is 9.51. The molecule has 5 heterocycles. The Labute approximate surface area is 206 Å². The van der Waals surface area contributed by atoms with Crippen LogP contribution in [0.4, 0.5) is 0 Å². The van der Waals surface area contributed by atoms with Crippen LogP contribution in [0.2, 0.25) is 0 Å². The summed E-state index contributed by atoms with van der Waals surface area (Å²) in [7, 11) is 0. The molecule has 0 aliphatic carbocycles. The van der Waals surface area contributed by atoms with Crippen LogP contribution in [0.5, 0.6) is 0 Å². The number of morpholine rings is 1. The van der Waals surface area contributed by atoms with Gasteiger partial charge in [-0.2, -0.15) is 0 Å². The summed E-state index contributed by atoms with van der Waals surface area (Å²) in [6.07, 6.45) is 4.69. The number of nitrogens with zero attached hydrogens (tertiary/aromatic N) is 4. The number of furan rings is 1. The van der Waals surface area contributed by atoms with Gasteiger partial charge in [-0.05, 0) is 68.4 Å². The summed E-state index contributed by atoms with van der Waals surface area (Å²) in [4.78, 5) is 9.41. The van der Waals surface area contributed by atoms with Gasteiger partial charge in [-0.3, -0.25) is 9.88 Å². The average molecular weight is 480 g/mol. The molecule has 2 aliphatic rings. The molecule has 34 heavy (non-hydrogen) atoms. The summed E-state index contributed by atoms with van der Waals surface area (Å²) in [5.74, 6) is 0.898. The molecule has 0 spiro atoms. The van der Waals surface area contributed by atoms with Crippen molar-refractivity contribution >= 4 is 17.3 Å². The number of rotatable bonds is 8. The molecular weight excluding hydrogens is 446 g/mol. The third kappa shape index (κ3) is 4.76. The maximum absolute atomic E-state index is 5.82. The second-order valence-electron chi connectivity index (χ2n) is 9.12. The first-order valence-electron chi connectivity index (χ1n) is 12.1. The number of hydrogen-bond donors (Lipinski definition) is 1. The fourth-order valence-corrected chi connectivity index (χ4v) is 5.54. The lowest BCUT2D eigenvalue weighted by molar-refractivity contribution is 0.0369. The van der Waals surface area contributed by atoms with E-state index in [1.165, 1.54) is 17.0 Å². The largest absolute Gasteiger partial charge is 0.467 e. The number of hydrogen-bond acceptors (Lipinski definition) is 5. The van der Waals surface area contributed by atoms with E-state index < -0.39 is 0 Å². The molecule has 7 nitrogen and oxygen atoms in total. The highest BCUT2D eigenvalue weighted by molar-refractivity contribution is 7.80. The molecule has 0 saturated carbocycles. The zero-order valence-corrected chi connectivity index (χ0v) is 20.8. The molecule has 3 aromatic rings. The molecule has 2 atom stereocenters. The smallest absolute Gasteiger partial charge is 0.170 e. The quantitative estimate of drug-likeness (QED) is 0.490. The lowest BCUT2D eigenvalue weighted by Crippen LogP contribution is -2.37. The lowest BCUT2D eigenvalue weighted by atomic mass is 9.96. The maximum Gasteiger partial charge on any atom is 0.170 e. The van der Waals surface area contributed by atoms with Crippen molar-refractivity contribution in [3.05, 3.63) is 77.3 Å². The molecule has 2 fully saturated rings. The predicted octanol–water partition coefficient (Wildman–Crippen LogP) is 3.99. The van der Waals surface area contributed by atoms with Gasteiger partial charge in [0.2, 0.25) is 0 Å². The highest BCUT2D eigenvalue weighted by atomic mass is 32.1. The predicted molar refractivity (Wildman–Crippen MR) is 135 cm³/mol. The summed E-state index contributed by atoms with van der Waals surface area (Å²) >= 11 is 5.82. The molecule has 0 aromatic carbocycles. The molecular formula is C26H33N5O2S. The van der Waals surface area contributed by atoms with Crippen molar-refractivity contribution in [2.24, 2.45) is 0 Å². The maximum atomic E-state index is 5.82. The molecule has 0 bridgehead atoms. The summed E-state index contributed by atoms with van der Waals surface area (Å²) < 4.78 is 13.6. The zero-order chi connectivity index (χ0) is 23.5. The van der Waals surface area contributed by atoms with Gasteiger partial charge in [0.05, 0.1) is 43.8 Å². The zero-order valence-electron chi connectivity index (χ0n) is 19.9. The van der Waals surface area contributed by atoms with Crippen molar-refractivity contribution in [2.45, 2.75) is 45.4 Å². The van der Waals surface area contributed by atoms with E-state index in [-0.39, 0.29) is 12.1 Å². The van der Waals surface area contributed by atoms with Gasteiger partial charge in [0.25, 0.3) is 0 Å². The second kappa shape index (κ2) is 10.3. The fourth-order valence-electron chi connectivity index (χ4n) is 5.23. The Morgan fingerprint density at radius 2 is 1.97 bits per heavy atom. The normalized spacial score (nSPS) is 21.2. The minimum Gasteiger partial charge on any atom is -0.467 e. The Hall–Kier alpha value is -2.68. The first-order valence-corrected chi connectivity index (χ1v) is 12.5. The Balaban J connectivity index is 1.41. The van der Waals surface area contributed by atoms with Crippen molar-refractivity contribution in [1.82, 2.24) is 24.7 Å². The van der Waals surface area contributed by atoms with Crippen LogP contribution in [0, 0.1) is 13.8 Å². The van der Waals surface area contributed by atoms with E-state index in [1.54, 1.807) is 6.26 Å². The minimum atomic E-state index is -0.0223. The summed E-state index contributed by atoms with van der Waals surface area (Å²) in [5, 5.41) is 4.28. The van der Waals surface area contributed by atoms with E-state index in [1.807, 2.05) is 30.5 Å². The number of aryl methyl sites for hydroxylation is 1. The van der Waals surface area contributed by atoms with E-state index in [4.69, 9.17) is 21.4 Å². The molecule has 3 aromatic heterocycles. The van der Waals surface area contributed by atoms with Gasteiger partial charge in [0.15, 0.2) is 5.11 Å². The lowest BCUT2D eigenvalue weighted by Gasteiger charge is -2.28. The molecule has 0 radical (unpaired) electrons. The average Bonchev–Trinajstić information content (AvgIpc) is 3.56. The highest BCUT2D eigenvalue weighted by Gasteiger charge is 2.41. The van der Waals surface area contributed by atoms with E-state index in [2.05, 4.69) is 50.6 Å². The molecule has 8 heteroatoms. The van der Waals surface area contributed by atoms with Crippen molar-refractivity contribution in [1.29, 1.82) is 0 Å². The van der Waals surface area contributed by atoms with Crippen LogP contribution in [-0.4, -0.2) is 57.3 Å². The van der Waals surface area contributed by atoms with Crippen LogP contribution >= 0.6 is 12.2 Å². The van der Waals surface area contributed by atoms with Gasteiger partial charge >= 0.3 is 0 Å². The SMILES string of the molecule is Cc1cc([C@@H]2[C@H](c3ccccn3)NC(=S)N2Cc2ccco2)c(C)n1CCCN1CCOCC1. The number of thiocarbonyl (C=S) groups is 1. The van der Waals surface area contributed by atoms with Crippen LogP contribution in [0.3, 0.4) is 0 Å². The fraction of sp³-hybridized carbons (Fsp3) is 0.462. The molecule has 2 saturated heterocycles. The first-order chi connectivity index (χ1) is 16.6. The number of aromatic nitrogens is 2. The van der Waals surface area contributed by atoms with Crippen LogP contribution in [0.15, 0.2) is 53.3 Å². The molecule has 180 valence electrons. The summed E-state index contributed by atoms with van der Waals surface area (Å²) in [5.41, 5.74) is 4.86. The van der Waals surface area contributed by atoms with Gasteiger partial charge in [-0.1, -0.05) is 6.07 Å². The topological polar surface area (TPSA) is 58.7 Å². The van der Waals surface area contributed by atoms with Crippen molar-refractivity contribution in [3.63, 3.8) is 0 Å². The number of pyridine rings is 1. The van der Waals surface area contributed by atoms with E-state index in [0.717, 1.165) is 62.4 Å². The molecule has 0 unspecified atom stereocenters. The Morgan fingerprint density at radius 1 is 1.12 bits per heavy atom. The Morgan fingerprint density at radius 3 is 2.71 bits per heavy atom.